The predicted octanol–water partition coefficient (Wildman–Crippen LogP) is 3.24. The zero-order valence-electron chi connectivity index (χ0n) is 12.8. The van der Waals surface area contributed by atoms with Crippen LogP contribution in [-0.4, -0.2) is 11.8 Å². The summed E-state index contributed by atoms with van der Waals surface area (Å²) in [5, 5.41) is 2.56. The van der Waals surface area contributed by atoms with Crippen LogP contribution >= 0.6 is 0 Å². The molecule has 21 heavy (non-hydrogen) atoms. The topological polar surface area (TPSA) is 46.2 Å². The second-order valence-electron chi connectivity index (χ2n) is 6.65. The first kappa shape index (κ1) is 14.3. The summed E-state index contributed by atoms with van der Waals surface area (Å²) in [6, 6.07) is 6.36. The molecule has 0 aromatic heterocycles. The molecule has 2 amide bonds. The van der Waals surface area contributed by atoms with Crippen molar-refractivity contribution in [1.29, 1.82) is 0 Å². The largest absolute Gasteiger partial charge is 0.296 e. The Hall–Kier alpha value is -1.64. The highest BCUT2D eigenvalue weighted by atomic mass is 16.2. The third-order valence-electron chi connectivity index (χ3n) is 5.15. The van der Waals surface area contributed by atoms with Crippen LogP contribution in [0.2, 0.25) is 0 Å². The number of carbonyl (C=O) groups is 2. The monoisotopic (exact) mass is 285 g/mol. The Morgan fingerprint density at radius 1 is 1.10 bits per heavy atom. The summed E-state index contributed by atoms with van der Waals surface area (Å²) >= 11 is 0. The van der Waals surface area contributed by atoms with Crippen LogP contribution in [0.3, 0.4) is 0 Å². The lowest BCUT2D eigenvalue weighted by atomic mass is 9.72. The summed E-state index contributed by atoms with van der Waals surface area (Å²) in [6.45, 7) is 4.15. The van der Waals surface area contributed by atoms with Crippen LogP contribution in [0, 0.1) is 25.7 Å². The normalized spacial score (nSPS) is 27.0. The highest BCUT2D eigenvalue weighted by Gasteiger charge is 2.42. The number of piperidine rings is 1. The fourth-order valence-electron chi connectivity index (χ4n) is 4.10. The van der Waals surface area contributed by atoms with E-state index in [-0.39, 0.29) is 23.7 Å². The summed E-state index contributed by atoms with van der Waals surface area (Å²) in [6.07, 6.45) is 5.10. The quantitative estimate of drug-likeness (QED) is 0.848. The minimum atomic E-state index is -0.125. The van der Waals surface area contributed by atoms with E-state index >= 15 is 0 Å². The molecule has 3 nitrogen and oxygen atoms in total. The SMILES string of the molecule is Cc1ccc(C)c(C2CC(=O)NC(=O)C2C2CCCC2)c1. The Balaban J connectivity index is 2.00. The molecule has 1 aliphatic heterocycles. The molecule has 3 heteroatoms. The molecule has 0 radical (unpaired) electrons. The molecule has 1 aromatic rings. The van der Waals surface area contributed by atoms with Crippen molar-refractivity contribution in [2.24, 2.45) is 11.8 Å². The molecule has 1 N–H and O–H groups in total. The average molecular weight is 285 g/mol. The lowest BCUT2D eigenvalue weighted by Gasteiger charge is -2.35. The fraction of sp³-hybridized carbons (Fsp3) is 0.556. The van der Waals surface area contributed by atoms with Crippen LogP contribution in [0.4, 0.5) is 0 Å². The standard InChI is InChI=1S/C18H23NO2/c1-11-7-8-12(2)14(9-11)15-10-16(20)19-18(21)17(15)13-5-3-4-6-13/h7-9,13,15,17H,3-6,10H2,1-2H3,(H,19,20,21). The Kier molecular flexibility index (Phi) is 3.83. The summed E-state index contributed by atoms with van der Waals surface area (Å²) in [7, 11) is 0. The Morgan fingerprint density at radius 3 is 2.52 bits per heavy atom. The zero-order valence-corrected chi connectivity index (χ0v) is 12.8. The van der Waals surface area contributed by atoms with Crippen LogP contribution in [0.1, 0.15) is 54.7 Å². The number of rotatable bonds is 2. The summed E-state index contributed by atoms with van der Waals surface area (Å²) in [5.41, 5.74) is 3.57. The first-order valence-electron chi connectivity index (χ1n) is 7.97. The average Bonchev–Trinajstić information content (AvgIpc) is 2.94. The Labute approximate surface area is 126 Å². The number of benzene rings is 1. The molecule has 0 spiro atoms. The van der Waals surface area contributed by atoms with E-state index in [1.807, 2.05) is 0 Å². The second kappa shape index (κ2) is 5.63. The van der Waals surface area contributed by atoms with E-state index in [0.29, 0.717) is 12.3 Å². The first-order chi connectivity index (χ1) is 10.1. The van der Waals surface area contributed by atoms with Gasteiger partial charge >= 0.3 is 0 Å². The van der Waals surface area contributed by atoms with Gasteiger partial charge in [0.2, 0.25) is 11.8 Å². The molecule has 2 unspecified atom stereocenters. The number of imide groups is 1. The summed E-state index contributed by atoms with van der Waals surface area (Å²) < 4.78 is 0. The van der Waals surface area contributed by atoms with Gasteiger partial charge in [-0.2, -0.15) is 0 Å². The molecule has 2 fully saturated rings. The fourth-order valence-corrected chi connectivity index (χ4v) is 4.10. The maximum Gasteiger partial charge on any atom is 0.230 e. The van der Waals surface area contributed by atoms with Crippen molar-refractivity contribution < 1.29 is 9.59 Å². The molecule has 1 saturated carbocycles. The first-order valence-corrected chi connectivity index (χ1v) is 7.97. The minimum Gasteiger partial charge on any atom is -0.296 e. The Bertz CT molecular complexity index is 573. The molecule has 2 atom stereocenters. The van der Waals surface area contributed by atoms with Gasteiger partial charge in [0.15, 0.2) is 0 Å². The van der Waals surface area contributed by atoms with E-state index < -0.39 is 0 Å². The predicted molar refractivity (Wildman–Crippen MR) is 81.9 cm³/mol. The van der Waals surface area contributed by atoms with Crippen molar-refractivity contribution in [3.05, 3.63) is 34.9 Å². The van der Waals surface area contributed by atoms with Crippen LogP contribution in [0.15, 0.2) is 18.2 Å². The molecule has 0 bridgehead atoms. The van der Waals surface area contributed by atoms with Gasteiger partial charge in [-0.05, 0) is 43.7 Å². The van der Waals surface area contributed by atoms with Crippen molar-refractivity contribution in [1.82, 2.24) is 5.32 Å². The Morgan fingerprint density at radius 2 is 1.81 bits per heavy atom. The third kappa shape index (κ3) is 2.74. The van der Waals surface area contributed by atoms with Gasteiger partial charge in [0.05, 0.1) is 0 Å². The van der Waals surface area contributed by atoms with Crippen molar-refractivity contribution in [2.75, 3.05) is 0 Å². The maximum absolute atomic E-state index is 12.4. The van der Waals surface area contributed by atoms with Crippen molar-refractivity contribution >= 4 is 11.8 Å². The zero-order chi connectivity index (χ0) is 15.0. The lowest BCUT2D eigenvalue weighted by Crippen LogP contribution is -2.47. The third-order valence-corrected chi connectivity index (χ3v) is 5.15. The second-order valence-corrected chi connectivity index (χ2v) is 6.65. The van der Waals surface area contributed by atoms with E-state index in [1.54, 1.807) is 0 Å². The minimum absolute atomic E-state index is 0.0364. The van der Waals surface area contributed by atoms with Crippen molar-refractivity contribution in [3.63, 3.8) is 0 Å². The number of aryl methyl sites for hydroxylation is 2. The van der Waals surface area contributed by atoms with Crippen molar-refractivity contribution in [2.45, 2.75) is 51.9 Å². The maximum atomic E-state index is 12.4. The molecule has 112 valence electrons. The number of hydrogen-bond donors (Lipinski definition) is 1. The van der Waals surface area contributed by atoms with Crippen LogP contribution in [0.5, 0.6) is 0 Å². The van der Waals surface area contributed by atoms with Gasteiger partial charge in [0.1, 0.15) is 0 Å². The molecule has 1 aliphatic carbocycles. The molecule has 1 aromatic carbocycles. The van der Waals surface area contributed by atoms with Gasteiger partial charge in [-0.3, -0.25) is 14.9 Å². The molecular formula is C18H23NO2. The summed E-state index contributed by atoms with van der Waals surface area (Å²) in [5.74, 6) is 0.271. The molecule has 1 heterocycles. The van der Waals surface area contributed by atoms with Gasteiger partial charge < -0.3 is 0 Å². The van der Waals surface area contributed by atoms with E-state index in [4.69, 9.17) is 0 Å². The van der Waals surface area contributed by atoms with E-state index in [9.17, 15) is 9.59 Å². The number of hydrogen-bond acceptors (Lipinski definition) is 2. The lowest BCUT2D eigenvalue weighted by molar-refractivity contribution is -0.138. The van der Waals surface area contributed by atoms with Gasteiger partial charge in [-0.15, -0.1) is 0 Å². The molecule has 1 saturated heterocycles. The van der Waals surface area contributed by atoms with Gasteiger partial charge in [0, 0.05) is 18.3 Å². The van der Waals surface area contributed by atoms with Crippen LogP contribution in [0.25, 0.3) is 0 Å². The molecular weight excluding hydrogens is 262 g/mol. The van der Waals surface area contributed by atoms with Gasteiger partial charge in [-0.1, -0.05) is 36.6 Å². The number of carbonyl (C=O) groups excluding carboxylic acids is 2. The highest BCUT2D eigenvalue weighted by molar-refractivity contribution is 6.00. The van der Waals surface area contributed by atoms with Crippen LogP contribution < -0.4 is 5.32 Å². The van der Waals surface area contributed by atoms with E-state index in [0.717, 1.165) is 12.8 Å². The number of nitrogens with one attached hydrogen (secondary N) is 1. The van der Waals surface area contributed by atoms with Crippen LogP contribution in [-0.2, 0) is 9.59 Å². The van der Waals surface area contributed by atoms with E-state index in [2.05, 4.69) is 37.4 Å². The molecule has 2 aliphatic rings. The summed E-state index contributed by atoms with van der Waals surface area (Å²) in [4.78, 5) is 24.3. The smallest absolute Gasteiger partial charge is 0.230 e. The number of amides is 2. The van der Waals surface area contributed by atoms with Crippen molar-refractivity contribution in [3.8, 4) is 0 Å². The van der Waals surface area contributed by atoms with E-state index in [1.165, 1.54) is 29.5 Å². The van der Waals surface area contributed by atoms with Gasteiger partial charge in [-0.25, -0.2) is 0 Å². The molecule has 3 rings (SSSR count). The highest BCUT2D eigenvalue weighted by Crippen LogP contribution is 2.43. The van der Waals surface area contributed by atoms with Gasteiger partial charge in [0.25, 0.3) is 0 Å².